The number of aliphatic hydroxyl groups excluding tert-OH is 2. The molecule has 34 nitrogen and oxygen atoms in total. The second kappa shape index (κ2) is 42.0. The Morgan fingerprint density at radius 1 is 0.562 bits per heavy atom. The number of guanidine groups is 1. The first kappa shape index (κ1) is 85.4. The van der Waals surface area contributed by atoms with E-state index >= 15 is 14.4 Å². The average Bonchev–Trinajstić information content (AvgIpc) is 1.69. The maximum Gasteiger partial charge on any atom is 0.304 e. The SMILES string of the molecule is CC[C@H](C)[C@@H]1NC(=O)[C@@H]2CCCN2C(=O)[C@@H]2CCCN2C(=O)[C@H]([C@@H](C)CC)NC(=O)[C@@H](CO)NC(=O)[C@H](CCCCN)NC(=O)[C@H]([C@@H](C)O)NC(=O)[C@@H]2CSSC[C@H](NC1=O)C(=O)C[C@H](Cc1ccccc1)C(=O)N1CCC[C@H]1C(=O)C[C@@H](CC(=O)O)C(=O)NCC(=O)N[C@@H](CCCN=C(N)N)C(=O)N2. The molecular weight excluding hydrogens is 1400 g/mol. The van der Waals surface area contributed by atoms with Crippen LogP contribution in [0.3, 0.4) is 0 Å². The fourth-order valence-corrected chi connectivity index (χ4v) is 15.8. The van der Waals surface area contributed by atoms with Crippen molar-refractivity contribution < 1.29 is 87.2 Å². The molecule has 5 aliphatic rings. The number of benzene rings is 1. The third-order valence-electron chi connectivity index (χ3n) is 19.9. The standard InChI is InChI=1S/C69H106N16O18S2/c1-6-37(3)55-64(99)78-46-35-104-105-36-47(79-59(94)43(20-13-25-73-69(71)72)75-53(90)33-74-58(93)41(32-54(91)92)30-52(89)48-21-14-26-83(48)66(101)42(31-51(46)88)29-40-17-9-8-10-18-40)62(97)82-57(39(5)87)65(100)76-44(19-11-12-24-70)60(95)77-45(34-86)61(96)81-56(38(4)7-2)68(103)85-28-16-23-50(85)67(102)84-27-15-22-49(84)63(98)80-55/h8-10,17-18,37-39,41-50,55-57,86-87H,6-7,11-16,19-36,70H2,1-5H3,(H,74,93)(H,75,90)(H,76,100)(H,77,95)(H,78,99)(H,79,94)(H,80,98)(H,81,96)(H,82,97)(H,91,92)(H4,71,72,73)/t37-,38-,39+,41-,42-,43-,44-,45+,46-,47-,48-,49-,50-,55-,56-,57-/m0/s1. The largest absolute Gasteiger partial charge is 0.481 e. The number of carboxylic acid groups (broad SMARTS) is 1. The van der Waals surface area contributed by atoms with Crippen molar-refractivity contribution in [2.24, 2.45) is 45.9 Å². The van der Waals surface area contributed by atoms with Crippen LogP contribution in [-0.2, 0) is 78.3 Å². The van der Waals surface area contributed by atoms with Gasteiger partial charge in [-0.15, -0.1) is 0 Å². The second-order valence-electron chi connectivity index (χ2n) is 27.6. The van der Waals surface area contributed by atoms with Gasteiger partial charge in [-0.2, -0.15) is 0 Å². The summed E-state index contributed by atoms with van der Waals surface area (Å²) in [5.41, 5.74) is 17.6. The number of carbonyl (C=O) groups excluding carboxylic acids is 14. The molecule has 0 saturated carbocycles. The first-order valence-electron chi connectivity index (χ1n) is 36.2. The van der Waals surface area contributed by atoms with Gasteiger partial charge in [-0.1, -0.05) is 92.5 Å². The molecule has 36 heteroatoms. The lowest BCUT2D eigenvalue weighted by molar-refractivity contribution is -0.149. The first-order chi connectivity index (χ1) is 50.0. The zero-order valence-electron chi connectivity index (χ0n) is 60.3. The molecule has 582 valence electrons. The zero-order valence-corrected chi connectivity index (χ0v) is 61.9. The van der Waals surface area contributed by atoms with E-state index in [1.165, 1.54) is 14.7 Å². The molecule has 12 amide bonds. The third kappa shape index (κ3) is 24.8. The number of unbranched alkanes of at least 4 members (excludes halogenated alkanes) is 1. The van der Waals surface area contributed by atoms with Crippen LogP contribution >= 0.6 is 21.6 Å². The number of carbonyl (C=O) groups is 15. The van der Waals surface area contributed by atoms with Crippen LogP contribution in [0.1, 0.15) is 143 Å². The number of amides is 12. The molecule has 1 aromatic rings. The van der Waals surface area contributed by atoms with Crippen LogP contribution in [0.2, 0.25) is 0 Å². The molecule has 0 aromatic heterocycles. The van der Waals surface area contributed by atoms with Gasteiger partial charge in [-0.05, 0) is 108 Å². The van der Waals surface area contributed by atoms with Crippen LogP contribution in [0, 0.1) is 23.7 Å². The summed E-state index contributed by atoms with van der Waals surface area (Å²) in [5.74, 6) is -18.8. The first-order valence-corrected chi connectivity index (χ1v) is 38.7. The molecular formula is C69H106N16O18S2. The minimum absolute atomic E-state index is 0.00657. The molecule has 5 aliphatic heterocycles. The maximum atomic E-state index is 15.4. The summed E-state index contributed by atoms with van der Waals surface area (Å²) in [6, 6.07) is -7.54. The van der Waals surface area contributed by atoms with E-state index in [0.717, 1.165) is 28.5 Å². The highest BCUT2D eigenvalue weighted by Gasteiger charge is 2.47. The second-order valence-corrected chi connectivity index (χ2v) is 30.2. The average molecular weight is 1510 g/mol. The number of aliphatic carboxylic acids is 1. The molecule has 105 heavy (non-hydrogen) atoms. The zero-order chi connectivity index (χ0) is 77.2. The Bertz CT molecular complexity index is 3300. The van der Waals surface area contributed by atoms with Crippen molar-refractivity contribution in [2.45, 2.75) is 216 Å². The van der Waals surface area contributed by atoms with Crippen LogP contribution in [-0.4, -0.2) is 254 Å². The number of nitrogens with two attached hydrogens (primary N) is 3. The number of aliphatic hydroxyl groups is 2. The van der Waals surface area contributed by atoms with E-state index in [4.69, 9.17) is 17.2 Å². The van der Waals surface area contributed by atoms with Gasteiger partial charge in [0.1, 0.15) is 54.4 Å². The summed E-state index contributed by atoms with van der Waals surface area (Å²) < 4.78 is 0. The van der Waals surface area contributed by atoms with Crippen molar-refractivity contribution in [3.05, 3.63) is 35.9 Å². The van der Waals surface area contributed by atoms with Crippen molar-refractivity contribution in [1.29, 1.82) is 0 Å². The molecule has 2 bridgehead atoms. The Labute approximate surface area is 618 Å². The van der Waals surface area contributed by atoms with Gasteiger partial charge in [-0.25, -0.2) is 0 Å². The fourth-order valence-electron chi connectivity index (χ4n) is 13.5. The van der Waals surface area contributed by atoms with Gasteiger partial charge in [0.05, 0.1) is 43.7 Å². The predicted octanol–water partition coefficient (Wildman–Crippen LogP) is -3.12. The molecule has 1 aromatic carbocycles. The number of Topliss-reactive ketones (excluding diaryl/α,β-unsaturated/α-hetero) is 2. The van der Waals surface area contributed by atoms with Crippen LogP contribution in [0.15, 0.2) is 35.3 Å². The smallest absolute Gasteiger partial charge is 0.304 e. The van der Waals surface area contributed by atoms with E-state index < -0.39 is 223 Å². The number of ketones is 2. The van der Waals surface area contributed by atoms with E-state index in [1.54, 1.807) is 58.0 Å². The molecule has 0 radical (unpaired) electrons. The van der Waals surface area contributed by atoms with Crippen LogP contribution in [0.4, 0.5) is 0 Å². The van der Waals surface area contributed by atoms with Gasteiger partial charge in [0.15, 0.2) is 17.5 Å². The van der Waals surface area contributed by atoms with Gasteiger partial charge < -0.3 is 95.1 Å². The number of nitrogens with one attached hydrogen (secondary N) is 9. The highest BCUT2D eigenvalue weighted by Crippen LogP contribution is 2.31. The lowest BCUT2D eigenvalue weighted by Gasteiger charge is -2.35. The molecule has 5 fully saturated rings. The molecule has 0 spiro atoms. The fraction of sp³-hybridized carbons (Fsp3) is 0.681. The van der Waals surface area contributed by atoms with E-state index in [9.17, 15) is 72.9 Å². The Morgan fingerprint density at radius 3 is 1.70 bits per heavy atom. The highest BCUT2D eigenvalue weighted by atomic mass is 33.1. The number of nitrogens with zero attached hydrogens (tertiary/aromatic N) is 4. The Balaban J connectivity index is 1.50. The van der Waals surface area contributed by atoms with Crippen molar-refractivity contribution >= 4 is 116 Å². The molecule has 5 saturated heterocycles. The Morgan fingerprint density at radius 2 is 1.09 bits per heavy atom. The summed E-state index contributed by atoms with van der Waals surface area (Å²) >= 11 is 0. The van der Waals surface area contributed by atoms with Crippen molar-refractivity contribution in [3.8, 4) is 0 Å². The quantitative estimate of drug-likeness (QED) is 0.0299. The third-order valence-corrected chi connectivity index (χ3v) is 22.3. The number of carboxylic acids is 1. The predicted molar refractivity (Wildman–Crippen MR) is 387 cm³/mol. The van der Waals surface area contributed by atoms with Gasteiger partial charge in [0, 0.05) is 56.4 Å². The van der Waals surface area contributed by atoms with Crippen LogP contribution in [0.5, 0.6) is 0 Å². The lowest BCUT2D eigenvalue weighted by atomic mass is 9.89. The van der Waals surface area contributed by atoms with Crippen LogP contribution in [0.25, 0.3) is 0 Å². The topological polar surface area (TPSA) is 525 Å². The van der Waals surface area contributed by atoms with Crippen molar-refractivity contribution in [2.75, 3.05) is 57.4 Å². The summed E-state index contributed by atoms with van der Waals surface area (Å²) in [5, 5.41) is 55.2. The summed E-state index contributed by atoms with van der Waals surface area (Å²) in [6.45, 7) is 6.45. The van der Waals surface area contributed by atoms with E-state index in [-0.39, 0.29) is 95.8 Å². The lowest BCUT2D eigenvalue weighted by Crippen LogP contribution is -2.62. The number of fused-ring (bicyclic) bond motifs is 8. The van der Waals surface area contributed by atoms with Crippen molar-refractivity contribution in [3.63, 3.8) is 0 Å². The molecule has 18 N–H and O–H groups in total. The summed E-state index contributed by atoms with van der Waals surface area (Å²) in [7, 11) is 1.78. The van der Waals surface area contributed by atoms with Gasteiger partial charge in [0.25, 0.3) is 0 Å². The van der Waals surface area contributed by atoms with Gasteiger partial charge in [-0.3, -0.25) is 76.9 Å². The molecule has 6 rings (SSSR count). The van der Waals surface area contributed by atoms with Crippen LogP contribution < -0.4 is 65.1 Å². The highest BCUT2D eigenvalue weighted by molar-refractivity contribution is 8.76. The number of aliphatic imine (C=N–C) groups is 1. The molecule has 16 atom stereocenters. The Kier molecular flexibility index (Phi) is 34.2. The minimum Gasteiger partial charge on any atom is -0.481 e. The maximum absolute atomic E-state index is 15.4. The monoisotopic (exact) mass is 1510 g/mol. The Hall–Kier alpha value is -8.48. The van der Waals surface area contributed by atoms with E-state index in [2.05, 4.69) is 52.8 Å². The molecule has 0 aliphatic carbocycles. The van der Waals surface area contributed by atoms with Crippen molar-refractivity contribution in [1.82, 2.24) is 62.6 Å². The molecule has 0 unspecified atom stereocenters. The minimum atomic E-state index is -1.93. The van der Waals surface area contributed by atoms with Gasteiger partial charge in [0.2, 0.25) is 70.9 Å². The molecule has 5 heterocycles. The van der Waals surface area contributed by atoms with E-state index in [1.807, 2.05) is 0 Å². The summed E-state index contributed by atoms with van der Waals surface area (Å²) in [4.78, 5) is 226. The number of rotatable bonds is 18. The van der Waals surface area contributed by atoms with Gasteiger partial charge >= 0.3 is 5.97 Å². The van der Waals surface area contributed by atoms with E-state index in [0.29, 0.717) is 44.1 Å². The normalized spacial score (nSPS) is 28.7. The number of hydrogen-bond acceptors (Lipinski definition) is 21. The summed E-state index contributed by atoms with van der Waals surface area (Å²) in [6.07, 6.45) is -1.72. The number of hydrogen-bond donors (Lipinski definition) is 15.